The third-order valence-electron chi connectivity index (χ3n) is 4.02. The van der Waals surface area contributed by atoms with Gasteiger partial charge in [-0.05, 0) is 48.7 Å². The molecule has 126 valence electrons. The SMILES string of the molecule is Cc1ccc(-n2c(-c3cccs3)nc3cc(C(F)(F)F)ccc32)cc1. The Kier molecular flexibility index (Phi) is 3.65. The molecule has 0 saturated heterocycles. The highest BCUT2D eigenvalue weighted by molar-refractivity contribution is 7.13. The van der Waals surface area contributed by atoms with Gasteiger partial charge in [-0.2, -0.15) is 13.2 Å². The number of fused-ring (bicyclic) bond motifs is 1. The number of aromatic nitrogens is 2. The van der Waals surface area contributed by atoms with Gasteiger partial charge >= 0.3 is 6.18 Å². The molecule has 2 heterocycles. The van der Waals surface area contributed by atoms with Gasteiger partial charge in [0, 0.05) is 5.69 Å². The van der Waals surface area contributed by atoms with E-state index < -0.39 is 11.7 Å². The number of rotatable bonds is 2. The number of halogens is 3. The first kappa shape index (κ1) is 15.9. The normalized spacial score (nSPS) is 12.0. The van der Waals surface area contributed by atoms with Gasteiger partial charge in [-0.25, -0.2) is 4.98 Å². The first-order valence-electron chi connectivity index (χ1n) is 7.64. The van der Waals surface area contributed by atoms with Crippen molar-refractivity contribution in [3.63, 3.8) is 0 Å². The van der Waals surface area contributed by atoms with Crippen LogP contribution >= 0.6 is 11.3 Å². The van der Waals surface area contributed by atoms with Crippen molar-refractivity contribution in [2.75, 3.05) is 0 Å². The van der Waals surface area contributed by atoms with Gasteiger partial charge in [-0.15, -0.1) is 11.3 Å². The average molecular weight is 358 g/mol. The van der Waals surface area contributed by atoms with Crippen LogP contribution in [-0.4, -0.2) is 9.55 Å². The topological polar surface area (TPSA) is 17.8 Å². The third-order valence-corrected chi connectivity index (χ3v) is 4.88. The largest absolute Gasteiger partial charge is 0.416 e. The minimum atomic E-state index is -4.38. The van der Waals surface area contributed by atoms with Crippen LogP contribution in [0, 0.1) is 6.92 Å². The molecule has 0 fully saturated rings. The highest BCUT2D eigenvalue weighted by atomic mass is 32.1. The van der Waals surface area contributed by atoms with Crippen molar-refractivity contribution in [3.8, 4) is 16.4 Å². The van der Waals surface area contributed by atoms with Crippen LogP contribution in [0.15, 0.2) is 60.0 Å². The molecule has 4 aromatic rings. The second-order valence-corrected chi connectivity index (χ2v) is 6.73. The van der Waals surface area contributed by atoms with Crippen molar-refractivity contribution < 1.29 is 13.2 Å². The maximum atomic E-state index is 13.0. The molecular formula is C19H13F3N2S. The lowest BCUT2D eigenvalue weighted by molar-refractivity contribution is -0.137. The molecule has 2 nitrogen and oxygen atoms in total. The zero-order chi connectivity index (χ0) is 17.6. The van der Waals surface area contributed by atoms with Crippen LogP contribution in [0.4, 0.5) is 13.2 Å². The maximum Gasteiger partial charge on any atom is 0.416 e. The summed E-state index contributed by atoms with van der Waals surface area (Å²) in [5.74, 6) is 0.646. The number of imidazole rings is 1. The van der Waals surface area contributed by atoms with E-state index in [4.69, 9.17) is 0 Å². The van der Waals surface area contributed by atoms with E-state index in [1.165, 1.54) is 17.4 Å². The van der Waals surface area contributed by atoms with E-state index in [1.54, 1.807) is 0 Å². The maximum absolute atomic E-state index is 13.0. The molecule has 0 N–H and O–H groups in total. The minimum Gasteiger partial charge on any atom is -0.292 e. The fourth-order valence-electron chi connectivity index (χ4n) is 2.78. The van der Waals surface area contributed by atoms with E-state index in [1.807, 2.05) is 53.3 Å². The molecule has 0 spiro atoms. The molecule has 6 heteroatoms. The summed E-state index contributed by atoms with van der Waals surface area (Å²) >= 11 is 1.51. The molecule has 0 aliphatic carbocycles. The Morgan fingerprint density at radius 3 is 2.40 bits per heavy atom. The molecule has 0 aliphatic rings. The monoisotopic (exact) mass is 358 g/mol. The van der Waals surface area contributed by atoms with Crippen molar-refractivity contribution >= 4 is 22.4 Å². The van der Waals surface area contributed by atoms with Gasteiger partial charge in [0.15, 0.2) is 5.82 Å². The third kappa shape index (κ3) is 2.82. The predicted molar refractivity (Wildman–Crippen MR) is 94.1 cm³/mol. The van der Waals surface area contributed by atoms with Gasteiger partial charge in [0.25, 0.3) is 0 Å². The van der Waals surface area contributed by atoms with E-state index in [-0.39, 0.29) is 0 Å². The number of benzene rings is 2. The van der Waals surface area contributed by atoms with E-state index in [9.17, 15) is 13.2 Å². The van der Waals surface area contributed by atoms with E-state index >= 15 is 0 Å². The minimum absolute atomic E-state index is 0.332. The van der Waals surface area contributed by atoms with Gasteiger partial charge in [-0.1, -0.05) is 23.8 Å². The summed E-state index contributed by atoms with van der Waals surface area (Å²) in [6, 6.07) is 15.4. The number of nitrogens with zero attached hydrogens (tertiary/aromatic N) is 2. The fraction of sp³-hybridized carbons (Fsp3) is 0.105. The highest BCUT2D eigenvalue weighted by Gasteiger charge is 2.31. The Morgan fingerprint density at radius 2 is 1.76 bits per heavy atom. The van der Waals surface area contributed by atoms with Gasteiger partial charge in [0.1, 0.15) is 0 Å². The molecule has 0 radical (unpaired) electrons. The number of aryl methyl sites for hydroxylation is 1. The van der Waals surface area contributed by atoms with Gasteiger partial charge in [-0.3, -0.25) is 4.57 Å². The second-order valence-electron chi connectivity index (χ2n) is 5.78. The molecule has 0 bridgehead atoms. The van der Waals surface area contributed by atoms with Crippen LogP contribution in [-0.2, 0) is 6.18 Å². The molecule has 0 atom stereocenters. The lowest BCUT2D eigenvalue weighted by Gasteiger charge is -2.10. The standard InChI is InChI=1S/C19H13F3N2S/c1-12-4-7-14(8-5-12)24-16-9-6-13(19(20,21)22)11-15(16)23-18(24)17-3-2-10-25-17/h2-11H,1H3. The summed E-state index contributed by atoms with van der Waals surface area (Å²) in [6.07, 6.45) is -4.38. The highest BCUT2D eigenvalue weighted by Crippen LogP contribution is 2.35. The average Bonchev–Trinajstić information content (AvgIpc) is 3.21. The molecule has 0 saturated carbocycles. The molecular weight excluding hydrogens is 345 g/mol. The molecule has 0 aliphatic heterocycles. The summed E-state index contributed by atoms with van der Waals surface area (Å²) in [5.41, 5.74) is 2.28. The first-order chi connectivity index (χ1) is 11.9. The van der Waals surface area contributed by atoms with Crippen LogP contribution < -0.4 is 0 Å². The summed E-state index contributed by atoms with van der Waals surface area (Å²) < 4.78 is 41.0. The van der Waals surface area contributed by atoms with Crippen LogP contribution in [0.2, 0.25) is 0 Å². The Labute approximate surface area is 146 Å². The molecule has 4 rings (SSSR count). The van der Waals surface area contributed by atoms with E-state index in [0.717, 1.165) is 28.3 Å². The molecule has 25 heavy (non-hydrogen) atoms. The first-order valence-corrected chi connectivity index (χ1v) is 8.52. The smallest absolute Gasteiger partial charge is 0.292 e. The Morgan fingerprint density at radius 1 is 1.00 bits per heavy atom. The quantitative estimate of drug-likeness (QED) is 0.424. The zero-order valence-electron chi connectivity index (χ0n) is 13.2. The summed E-state index contributed by atoms with van der Waals surface area (Å²) in [7, 11) is 0. The summed E-state index contributed by atoms with van der Waals surface area (Å²) in [4.78, 5) is 5.41. The lowest BCUT2D eigenvalue weighted by atomic mass is 10.2. The number of hydrogen-bond donors (Lipinski definition) is 0. The van der Waals surface area contributed by atoms with Gasteiger partial charge in [0.2, 0.25) is 0 Å². The lowest BCUT2D eigenvalue weighted by Crippen LogP contribution is -2.04. The van der Waals surface area contributed by atoms with Crippen molar-refractivity contribution in [3.05, 3.63) is 71.1 Å². The fourth-order valence-corrected chi connectivity index (χ4v) is 3.49. The van der Waals surface area contributed by atoms with E-state index in [2.05, 4.69) is 4.98 Å². The van der Waals surface area contributed by atoms with Crippen molar-refractivity contribution in [1.82, 2.24) is 9.55 Å². The predicted octanol–water partition coefficient (Wildman–Crippen LogP) is 6.08. The summed E-state index contributed by atoms with van der Waals surface area (Å²) in [5, 5.41) is 1.93. The van der Waals surface area contributed by atoms with Crippen LogP contribution in [0.25, 0.3) is 27.4 Å². The van der Waals surface area contributed by atoms with Crippen molar-refractivity contribution in [2.45, 2.75) is 13.1 Å². The van der Waals surface area contributed by atoms with Crippen LogP contribution in [0.5, 0.6) is 0 Å². The van der Waals surface area contributed by atoms with Crippen LogP contribution in [0.1, 0.15) is 11.1 Å². The number of thiophene rings is 1. The van der Waals surface area contributed by atoms with Gasteiger partial charge < -0.3 is 0 Å². The van der Waals surface area contributed by atoms with Crippen molar-refractivity contribution in [1.29, 1.82) is 0 Å². The Hall–Kier alpha value is -2.60. The molecule has 2 aromatic carbocycles. The Balaban J connectivity index is 2.01. The summed E-state index contributed by atoms with van der Waals surface area (Å²) in [6.45, 7) is 1.99. The second kappa shape index (κ2) is 5.74. The molecule has 0 amide bonds. The Bertz CT molecular complexity index is 1030. The zero-order valence-corrected chi connectivity index (χ0v) is 14.0. The van der Waals surface area contributed by atoms with Crippen LogP contribution in [0.3, 0.4) is 0 Å². The molecule has 0 unspecified atom stereocenters. The number of hydrogen-bond acceptors (Lipinski definition) is 2. The van der Waals surface area contributed by atoms with E-state index in [0.29, 0.717) is 16.9 Å². The van der Waals surface area contributed by atoms with Gasteiger partial charge in [0.05, 0.1) is 21.5 Å². The van der Waals surface area contributed by atoms with Crippen molar-refractivity contribution in [2.24, 2.45) is 0 Å². The number of alkyl halides is 3. The molecule has 2 aromatic heterocycles.